The van der Waals surface area contributed by atoms with Gasteiger partial charge in [0.25, 0.3) is 0 Å². The molecule has 3 nitrogen and oxygen atoms in total. The molecule has 0 radical (unpaired) electrons. The minimum atomic E-state index is -0.643. The van der Waals surface area contributed by atoms with Crippen LogP contribution in [0.25, 0.3) is 0 Å². The van der Waals surface area contributed by atoms with Crippen LogP contribution < -0.4 is 0 Å². The summed E-state index contributed by atoms with van der Waals surface area (Å²) in [4.78, 5) is 3.99. The smallest absolute Gasteiger partial charge is 0.140 e. The van der Waals surface area contributed by atoms with Crippen LogP contribution in [0.3, 0.4) is 0 Å². The Hall–Kier alpha value is -1.17. The van der Waals surface area contributed by atoms with Crippen molar-refractivity contribution in [3.8, 4) is 6.07 Å². The molecule has 0 heterocycles. The van der Waals surface area contributed by atoms with Crippen LogP contribution in [0.15, 0.2) is 4.99 Å². The summed E-state index contributed by atoms with van der Waals surface area (Å²) in [6, 6.07) is 2.05. The summed E-state index contributed by atoms with van der Waals surface area (Å²) in [6.45, 7) is 5.19. The van der Waals surface area contributed by atoms with Crippen molar-refractivity contribution in [1.29, 1.82) is 10.7 Å². The lowest BCUT2D eigenvalue weighted by molar-refractivity contribution is 0.675. The molecule has 1 N–H and O–H groups in total. The lowest BCUT2D eigenvalue weighted by Crippen LogP contribution is -2.13. The maximum Gasteiger partial charge on any atom is 0.140 e. The summed E-state index contributed by atoms with van der Waals surface area (Å²) in [5, 5.41) is 15.6. The first-order valence-electron chi connectivity index (χ1n) is 3.47. The molecule has 0 atom stereocenters. The average Bonchev–Trinajstić information content (AvgIpc) is 1.87. The van der Waals surface area contributed by atoms with Crippen molar-refractivity contribution in [3.63, 3.8) is 0 Å². The molecule has 0 aliphatic rings. The monoisotopic (exact) mass is 151 g/mol. The third kappa shape index (κ3) is 5.28. The summed E-state index contributed by atoms with van der Waals surface area (Å²) in [7, 11) is 0. The van der Waals surface area contributed by atoms with Crippen LogP contribution in [0.5, 0.6) is 0 Å². The predicted octanol–water partition coefficient (Wildman–Crippen LogP) is 1.79. The molecule has 0 bridgehead atoms. The van der Waals surface area contributed by atoms with Crippen LogP contribution in [-0.4, -0.2) is 17.5 Å². The number of nitrogens with zero attached hydrogens (tertiary/aromatic N) is 2. The number of hydrogen-bond acceptors (Lipinski definition) is 3. The van der Waals surface area contributed by atoms with Gasteiger partial charge in [0.15, 0.2) is 0 Å². The van der Waals surface area contributed by atoms with E-state index in [4.69, 9.17) is 10.7 Å². The molecule has 0 spiro atoms. The zero-order chi connectivity index (χ0) is 8.91. The molecule has 0 aromatic carbocycles. The Kier molecular flexibility index (Phi) is 3.46. The Labute approximate surface area is 67.3 Å². The van der Waals surface area contributed by atoms with Crippen molar-refractivity contribution in [2.75, 3.05) is 0 Å². The minimum Gasteiger partial charge on any atom is -0.310 e. The van der Waals surface area contributed by atoms with Crippen LogP contribution in [0.2, 0.25) is 0 Å². The molecule has 0 aromatic rings. The highest BCUT2D eigenvalue weighted by molar-refractivity contribution is 5.91. The first kappa shape index (κ1) is 9.83. The molecule has 0 rings (SSSR count). The van der Waals surface area contributed by atoms with E-state index >= 15 is 0 Å². The Morgan fingerprint density at radius 1 is 1.73 bits per heavy atom. The summed E-state index contributed by atoms with van der Waals surface area (Å²) >= 11 is 0. The Morgan fingerprint density at radius 3 is 2.64 bits per heavy atom. The van der Waals surface area contributed by atoms with Crippen LogP contribution >= 0.6 is 0 Å². The van der Waals surface area contributed by atoms with Crippen molar-refractivity contribution in [2.24, 2.45) is 4.99 Å². The fourth-order valence-electron chi connectivity index (χ4n) is 0.440. The van der Waals surface area contributed by atoms with Crippen LogP contribution in [-0.2, 0) is 0 Å². The van der Waals surface area contributed by atoms with Gasteiger partial charge in [0.2, 0.25) is 0 Å². The summed E-state index contributed by atoms with van der Waals surface area (Å²) < 4.78 is 0. The first-order chi connectivity index (χ1) is 4.98. The molecule has 0 unspecified atom stereocenters. The topological polar surface area (TPSA) is 60.0 Å². The number of nitriles is 1. The molecular weight excluding hydrogens is 138 g/mol. The summed E-state index contributed by atoms with van der Waals surface area (Å²) in [6.07, 6.45) is 2.15. The number of hydrogen-bond donors (Lipinski definition) is 1. The van der Waals surface area contributed by atoms with E-state index in [0.717, 1.165) is 0 Å². The first-order valence-corrected chi connectivity index (χ1v) is 3.47. The molecule has 3 heteroatoms. The zero-order valence-electron chi connectivity index (χ0n) is 7.18. The Bertz CT molecular complexity index is 208. The van der Waals surface area contributed by atoms with E-state index in [0.29, 0.717) is 12.1 Å². The molecule has 0 aliphatic heterocycles. The van der Waals surface area contributed by atoms with Crippen LogP contribution in [0.1, 0.15) is 27.2 Å². The van der Waals surface area contributed by atoms with Gasteiger partial charge in [-0.3, -0.25) is 4.99 Å². The molecule has 60 valence electrons. The van der Waals surface area contributed by atoms with E-state index in [9.17, 15) is 0 Å². The van der Waals surface area contributed by atoms with Crippen molar-refractivity contribution < 1.29 is 0 Å². The van der Waals surface area contributed by atoms with E-state index in [1.807, 2.05) is 6.07 Å². The summed E-state index contributed by atoms with van der Waals surface area (Å²) in [5.74, 6) is 0. The van der Waals surface area contributed by atoms with Gasteiger partial charge in [-0.25, -0.2) is 0 Å². The predicted molar refractivity (Wildman–Crippen MR) is 46.2 cm³/mol. The van der Waals surface area contributed by atoms with Gasteiger partial charge >= 0.3 is 0 Å². The van der Waals surface area contributed by atoms with Gasteiger partial charge in [0, 0.05) is 18.3 Å². The minimum absolute atomic E-state index is 0.533. The molecule has 11 heavy (non-hydrogen) atoms. The molecule has 0 fully saturated rings. The molecule has 0 aliphatic carbocycles. The van der Waals surface area contributed by atoms with Gasteiger partial charge in [-0.05, 0) is 20.8 Å². The van der Waals surface area contributed by atoms with Crippen molar-refractivity contribution in [3.05, 3.63) is 0 Å². The van der Waals surface area contributed by atoms with Crippen molar-refractivity contribution in [1.82, 2.24) is 0 Å². The van der Waals surface area contributed by atoms with E-state index in [-0.39, 0.29) is 0 Å². The largest absolute Gasteiger partial charge is 0.310 e. The maximum atomic E-state index is 8.54. The fraction of sp³-hybridized carbons (Fsp3) is 0.625. The van der Waals surface area contributed by atoms with E-state index in [1.54, 1.807) is 27.0 Å². The zero-order valence-corrected chi connectivity index (χ0v) is 7.18. The van der Waals surface area contributed by atoms with Gasteiger partial charge in [0.1, 0.15) is 5.54 Å². The average molecular weight is 151 g/mol. The van der Waals surface area contributed by atoms with Gasteiger partial charge in [0.05, 0.1) is 6.07 Å². The SMILES string of the molecule is CC(=N)CC=NC(C)(C)C#N. The number of nitrogens with one attached hydrogen (secondary N) is 1. The lowest BCUT2D eigenvalue weighted by Gasteiger charge is -2.06. The maximum absolute atomic E-state index is 8.54. The number of aliphatic imine (C=N–C) groups is 1. The third-order valence-electron chi connectivity index (χ3n) is 1.09. The van der Waals surface area contributed by atoms with Crippen molar-refractivity contribution in [2.45, 2.75) is 32.7 Å². The molecule has 0 aromatic heterocycles. The third-order valence-corrected chi connectivity index (χ3v) is 1.09. The van der Waals surface area contributed by atoms with Crippen molar-refractivity contribution >= 4 is 11.9 Å². The highest BCUT2D eigenvalue weighted by Gasteiger charge is 2.11. The van der Waals surface area contributed by atoms with E-state index in [2.05, 4.69) is 4.99 Å². The van der Waals surface area contributed by atoms with Gasteiger partial charge in [-0.15, -0.1) is 0 Å². The quantitative estimate of drug-likeness (QED) is 0.614. The fourth-order valence-corrected chi connectivity index (χ4v) is 0.440. The highest BCUT2D eigenvalue weighted by atomic mass is 14.8. The van der Waals surface area contributed by atoms with Gasteiger partial charge in [-0.1, -0.05) is 0 Å². The van der Waals surface area contributed by atoms with Crippen LogP contribution in [0, 0.1) is 16.7 Å². The highest BCUT2D eigenvalue weighted by Crippen LogP contribution is 2.04. The second-order valence-electron chi connectivity index (χ2n) is 2.97. The second-order valence-corrected chi connectivity index (χ2v) is 2.97. The standard InChI is InChI=1S/C8H13N3/c1-7(10)4-5-11-8(2,3)6-9/h5,10H,4H2,1-3H3. The van der Waals surface area contributed by atoms with Gasteiger partial charge in [-0.2, -0.15) is 5.26 Å². The molecular formula is C8H13N3. The molecule has 0 saturated heterocycles. The second kappa shape index (κ2) is 3.87. The summed E-state index contributed by atoms with van der Waals surface area (Å²) in [5.41, 5.74) is -0.0855. The lowest BCUT2D eigenvalue weighted by atomic mass is 10.1. The van der Waals surface area contributed by atoms with E-state index in [1.165, 1.54) is 0 Å². The molecule has 0 saturated carbocycles. The Morgan fingerprint density at radius 2 is 2.27 bits per heavy atom. The van der Waals surface area contributed by atoms with Crippen LogP contribution in [0.4, 0.5) is 0 Å². The number of rotatable bonds is 3. The van der Waals surface area contributed by atoms with E-state index < -0.39 is 5.54 Å². The normalized spacial score (nSPS) is 11.5. The Balaban J connectivity index is 3.95. The molecule has 0 amide bonds. The van der Waals surface area contributed by atoms with Gasteiger partial charge < -0.3 is 5.41 Å².